The number of hydrazone groups is 1. The molecule has 0 aliphatic carbocycles. The third-order valence-electron chi connectivity index (χ3n) is 4.73. The molecule has 0 saturated carbocycles. The lowest BCUT2D eigenvalue weighted by Crippen LogP contribution is -2.00. The Kier molecular flexibility index (Phi) is 5.57. The summed E-state index contributed by atoms with van der Waals surface area (Å²) in [5.74, 6) is 2.68. The lowest BCUT2D eigenvalue weighted by molar-refractivity contribution is 0.394. The van der Waals surface area contributed by atoms with Crippen LogP contribution >= 0.6 is 0 Å². The van der Waals surface area contributed by atoms with Crippen molar-refractivity contribution in [1.29, 1.82) is 0 Å². The number of hydrogen-bond donors (Lipinski definition) is 1. The van der Waals surface area contributed by atoms with Gasteiger partial charge in [0, 0.05) is 22.6 Å². The maximum Gasteiger partial charge on any atom is 0.162 e. The quantitative estimate of drug-likeness (QED) is 0.363. The average Bonchev–Trinajstić information content (AvgIpc) is 2.79. The minimum absolute atomic E-state index is 0.639. The third-order valence-corrected chi connectivity index (χ3v) is 4.73. The number of methoxy groups -OCH3 is 2. The first-order chi connectivity index (χ1) is 14.7. The Morgan fingerprint density at radius 2 is 1.70 bits per heavy atom. The second-order valence-corrected chi connectivity index (χ2v) is 6.76. The van der Waals surface area contributed by atoms with Gasteiger partial charge in [-0.1, -0.05) is 42.0 Å². The molecular weight excluding hydrogens is 376 g/mol. The van der Waals surface area contributed by atoms with Crippen LogP contribution in [0, 0.1) is 6.92 Å². The topological polar surface area (TPSA) is 68.6 Å². The maximum absolute atomic E-state index is 5.42. The molecule has 1 N–H and O–H groups in total. The Morgan fingerprint density at radius 3 is 2.47 bits per heavy atom. The number of anilines is 1. The summed E-state index contributed by atoms with van der Waals surface area (Å²) in [6.45, 7) is 2.06. The molecule has 0 fully saturated rings. The number of ether oxygens (including phenoxy) is 2. The van der Waals surface area contributed by atoms with Crippen molar-refractivity contribution >= 4 is 22.9 Å². The maximum atomic E-state index is 5.42. The van der Waals surface area contributed by atoms with Crippen LogP contribution < -0.4 is 14.9 Å². The zero-order chi connectivity index (χ0) is 20.9. The van der Waals surface area contributed by atoms with Gasteiger partial charge in [-0.25, -0.2) is 9.97 Å². The highest BCUT2D eigenvalue weighted by atomic mass is 16.5. The Bertz CT molecular complexity index is 1200. The summed E-state index contributed by atoms with van der Waals surface area (Å²) in [6, 6.07) is 21.6. The first-order valence-corrected chi connectivity index (χ1v) is 9.53. The minimum atomic E-state index is 0.639. The van der Waals surface area contributed by atoms with Gasteiger partial charge in [-0.2, -0.15) is 5.10 Å². The van der Waals surface area contributed by atoms with Gasteiger partial charge in [-0.05, 0) is 31.2 Å². The molecule has 4 aromatic rings. The number of nitrogens with zero attached hydrogens (tertiary/aromatic N) is 3. The van der Waals surface area contributed by atoms with E-state index in [9.17, 15) is 0 Å². The fourth-order valence-corrected chi connectivity index (χ4v) is 3.08. The van der Waals surface area contributed by atoms with Crippen molar-refractivity contribution in [3.8, 4) is 22.9 Å². The van der Waals surface area contributed by atoms with Crippen LogP contribution in [0.4, 0.5) is 5.82 Å². The monoisotopic (exact) mass is 398 g/mol. The Morgan fingerprint density at radius 1 is 0.900 bits per heavy atom. The molecule has 1 aromatic heterocycles. The van der Waals surface area contributed by atoms with Crippen LogP contribution in [-0.2, 0) is 0 Å². The van der Waals surface area contributed by atoms with Gasteiger partial charge in [0.2, 0.25) is 0 Å². The molecular formula is C24H22N4O2. The molecule has 6 heteroatoms. The highest BCUT2D eigenvalue weighted by molar-refractivity contribution is 5.91. The van der Waals surface area contributed by atoms with Crippen molar-refractivity contribution in [2.24, 2.45) is 5.10 Å². The number of aromatic nitrogens is 2. The van der Waals surface area contributed by atoms with E-state index < -0.39 is 0 Å². The number of fused-ring (bicyclic) bond motifs is 1. The van der Waals surface area contributed by atoms with Crippen molar-refractivity contribution in [3.63, 3.8) is 0 Å². The molecule has 0 saturated heterocycles. The lowest BCUT2D eigenvalue weighted by Gasteiger charge is -2.09. The van der Waals surface area contributed by atoms with Crippen molar-refractivity contribution in [2.75, 3.05) is 19.6 Å². The first kappa shape index (κ1) is 19.4. The molecule has 30 heavy (non-hydrogen) atoms. The van der Waals surface area contributed by atoms with E-state index in [4.69, 9.17) is 19.4 Å². The smallest absolute Gasteiger partial charge is 0.162 e. The summed E-state index contributed by atoms with van der Waals surface area (Å²) in [5.41, 5.74) is 6.89. The Balaban J connectivity index is 1.68. The van der Waals surface area contributed by atoms with E-state index in [1.165, 1.54) is 5.56 Å². The van der Waals surface area contributed by atoms with Crippen LogP contribution in [0.15, 0.2) is 71.8 Å². The summed E-state index contributed by atoms with van der Waals surface area (Å²) >= 11 is 0. The normalized spacial score (nSPS) is 11.0. The van der Waals surface area contributed by atoms with E-state index in [1.807, 2.05) is 54.6 Å². The third kappa shape index (κ3) is 4.07. The lowest BCUT2D eigenvalue weighted by atomic mass is 10.1. The number of rotatable bonds is 6. The molecule has 6 nitrogen and oxygen atoms in total. The number of nitrogens with one attached hydrogen (secondary N) is 1. The SMILES string of the molecule is COc1ccc(/C=N/Nc2nc(-c3ccc(C)cc3)nc3ccccc23)c(OC)c1. The molecule has 4 rings (SSSR count). The molecule has 0 unspecified atom stereocenters. The van der Waals surface area contributed by atoms with Crippen molar-refractivity contribution in [1.82, 2.24) is 9.97 Å². The van der Waals surface area contributed by atoms with E-state index in [1.54, 1.807) is 20.4 Å². The van der Waals surface area contributed by atoms with Gasteiger partial charge >= 0.3 is 0 Å². The first-order valence-electron chi connectivity index (χ1n) is 9.53. The highest BCUT2D eigenvalue weighted by Gasteiger charge is 2.09. The van der Waals surface area contributed by atoms with Gasteiger partial charge in [0.05, 0.1) is 26.0 Å². The van der Waals surface area contributed by atoms with Crippen LogP contribution in [0.1, 0.15) is 11.1 Å². The summed E-state index contributed by atoms with van der Waals surface area (Å²) in [5, 5.41) is 5.28. The molecule has 0 amide bonds. The van der Waals surface area contributed by atoms with E-state index >= 15 is 0 Å². The summed E-state index contributed by atoms with van der Waals surface area (Å²) in [4.78, 5) is 9.43. The number of para-hydroxylation sites is 1. The number of hydrogen-bond acceptors (Lipinski definition) is 6. The largest absolute Gasteiger partial charge is 0.497 e. The van der Waals surface area contributed by atoms with Crippen LogP contribution in [0.25, 0.3) is 22.3 Å². The van der Waals surface area contributed by atoms with Gasteiger partial charge in [0.15, 0.2) is 11.6 Å². The molecule has 1 heterocycles. The zero-order valence-electron chi connectivity index (χ0n) is 17.1. The minimum Gasteiger partial charge on any atom is -0.497 e. The summed E-state index contributed by atoms with van der Waals surface area (Å²) in [7, 11) is 3.24. The van der Waals surface area contributed by atoms with Crippen molar-refractivity contribution in [3.05, 3.63) is 77.9 Å². The fourth-order valence-electron chi connectivity index (χ4n) is 3.08. The summed E-state index contributed by atoms with van der Waals surface area (Å²) < 4.78 is 10.7. The molecule has 0 atom stereocenters. The molecule has 0 spiro atoms. The molecule has 0 radical (unpaired) electrons. The van der Waals surface area contributed by atoms with E-state index in [-0.39, 0.29) is 0 Å². The Labute approximate surface area is 175 Å². The molecule has 150 valence electrons. The molecule has 0 aliphatic heterocycles. The fraction of sp³-hybridized carbons (Fsp3) is 0.125. The number of benzene rings is 3. The standard InChI is InChI=1S/C24H22N4O2/c1-16-8-10-17(11-9-16)23-26-21-7-5-4-6-20(21)24(27-23)28-25-15-18-12-13-19(29-2)14-22(18)30-3/h4-15H,1-3H3,(H,26,27,28)/b25-15+. The predicted octanol–water partition coefficient (Wildman–Crippen LogP) is 5.07. The highest BCUT2D eigenvalue weighted by Crippen LogP contribution is 2.26. The zero-order valence-corrected chi connectivity index (χ0v) is 17.1. The van der Waals surface area contributed by atoms with Gasteiger partial charge in [-0.15, -0.1) is 0 Å². The molecule has 0 bridgehead atoms. The van der Waals surface area contributed by atoms with Crippen LogP contribution in [0.2, 0.25) is 0 Å². The number of aryl methyl sites for hydroxylation is 1. The predicted molar refractivity (Wildman–Crippen MR) is 120 cm³/mol. The molecule has 3 aromatic carbocycles. The van der Waals surface area contributed by atoms with Crippen LogP contribution in [0.5, 0.6) is 11.5 Å². The van der Waals surface area contributed by atoms with Crippen LogP contribution in [-0.4, -0.2) is 30.4 Å². The van der Waals surface area contributed by atoms with Gasteiger partial charge in [-0.3, -0.25) is 5.43 Å². The Hall–Kier alpha value is -3.93. The van der Waals surface area contributed by atoms with E-state index in [2.05, 4.69) is 29.6 Å². The average molecular weight is 398 g/mol. The van der Waals surface area contributed by atoms with Crippen molar-refractivity contribution in [2.45, 2.75) is 6.92 Å². The van der Waals surface area contributed by atoms with Gasteiger partial charge in [0.25, 0.3) is 0 Å². The van der Waals surface area contributed by atoms with E-state index in [0.717, 1.165) is 27.8 Å². The van der Waals surface area contributed by atoms with Gasteiger partial charge in [0.1, 0.15) is 11.5 Å². The van der Waals surface area contributed by atoms with Crippen LogP contribution in [0.3, 0.4) is 0 Å². The van der Waals surface area contributed by atoms with Gasteiger partial charge < -0.3 is 9.47 Å². The van der Waals surface area contributed by atoms with E-state index in [0.29, 0.717) is 17.4 Å². The van der Waals surface area contributed by atoms with Crippen molar-refractivity contribution < 1.29 is 9.47 Å². The second kappa shape index (κ2) is 8.61. The summed E-state index contributed by atoms with van der Waals surface area (Å²) in [6.07, 6.45) is 1.70. The second-order valence-electron chi connectivity index (χ2n) is 6.76. The molecule has 0 aliphatic rings.